The SMILES string of the molecule is CC(C)(C)c1ccc2oc3c(C(C)(C)C)c(-c4nc(-c5ccccc5)nc(-c5cccc6c5-c5ccccc5C65c6ccccc6-c6ccccc65)n4)ccc3c2c1. The van der Waals surface area contributed by atoms with Crippen molar-refractivity contribution < 1.29 is 4.42 Å². The van der Waals surface area contributed by atoms with Gasteiger partial charge in [0, 0.05) is 33.0 Å². The average Bonchev–Trinajstić information content (AvgIpc) is 3.86. The molecule has 9 aromatic rings. The highest BCUT2D eigenvalue weighted by molar-refractivity contribution is 6.08. The Balaban J connectivity index is 1.19. The fourth-order valence-electron chi connectivity index (χ4n) is 9.90. The minimum Gasteiger partial charge on any atom is -0.456 e. The van der Waals surface area contributed by atoms with Crippen LogP contribution in [0.5, 0.6) is 0 Å². The zero-order valence-electron chi connectivity index (χ0n) is 33.7. The fourth-order valence-corrected chi connectivity index (χ4v) is 9.90. The predicted molar refractivity (Wildman–Crippen MR) is 237 cm³/mol. The maximum Gasteiger partial charge on any atom is 0.164 e. The van der Waals surface area contributed by atoms with Crippen molar-refractivity contribution in [1.82, 2.24) is 15.0 Å². The Kier molecular flexibility index (Phi) is 7.26. The minimum atomic E-state index is -0.466. The lowest BCUT2D eigenvalue weighted by Gasteiger charge is -2.30. The molecule has 0 saturated heterocycles. The van der Waals surface area contributed by atoms with Gasteiger partial charge in [0.15, 0.2) is 17.5 Å². The highest BCUT2D eigenvalue weighted by Crippen LogP contribution is 2.63. The second-order valence-corrected chi connectivity index (χ2v) is 18.0. The van der Waals surface area contributed by atoms with Crippen LogP contribution in [0.15, 0.2) is 156 Å². The van der Waals surface area contributed by atoms with E-state index in [9.17, 15) is 0 Å². The number of benzene rings is 7. The maximum absolute atomic E-state index is 6.81. The molecule has 0 atom stereocenters. The van der Waals surface area contributed by atoms with E-state index in [0.717, 1.165) is 44.2 Å². The molecule has 2 aliphatic rings. The molecule has 2 aliphatic carbocycles. The van der Waals surface area contributed by atoms with Crippen molar-refractivity contribution in [3.63, 3.8) is 0 Å². The summed E-state index contributed by atoms with van der Waals surface area (Å²) in [5.74, 6) is 1.91. The van der Waals surface area contributed by atoms with E-state index < -0.39 is 5.41 Å². The monoisotopic (exact) mass is 749 g/mol. The topological polar surface area (TPSA) is 51.8 Å². The van der Waals surface area contributed by atoms with Gasteiger partial charge in [0.25, 0.3) is 0 Å². The first-order valence-electron chi connectivity index (χ1n) is 20.3. The number of hydrogen-bond donors (Lipinski definition) is 0. The van der Waals surface area contributed by atoms with E-state index >= 15 is 0 Å². The summed E-state index contributed by atoms with van der Waals surface area (Å²) < 4.78 is 6.81. The molecule has 280 valence electrons. The van der Waals surface area contributed by atoms with Crippen LogP contribution in [0, 0.1) is 0 Å². The Morgan fingerprint density at radius 3 is 1.64 bits per heavy atom. The molecule has 0 aliphatic heterocycles. The molecule has 0 fully saturated rings. The molecule has 0 radical (unpaired) electrons. The first-order valence-corrected chi connectivity index (χ1v) is 20.3. The highest BCUT2D eigenvalue weighted by atomic mass is 16.3. The van der Waals surface area contributed by atoms with Crippen LogP contribution in [0.2, 0.25) is 0 Å². The van der Waals surface area contributed by atoms with Gasteiger partial charge in [-0.25, -0.2) is 15.0 Å². The van der Waals surface area contributed by atoms with Crippen molar-refractivity contribution in [2.45, 2.75) is 57.8 Å². The van der Waals surface area contributed by atoms with E-state index in [1.807, 2.05) is 18.2 Å². The largest absolute Gasteiger partial charge is 0.456 e. The van der Waals surface area contributed by atoms with Crippen LogP contribution in [-0.4, -0.2) is 15.0 Å². The number of nitrogens with zero attached hydrogens (tertiary/aromatic N) is 3. The van der Waals surface area contributed by atoms with Gasteiger partial charge in [-0.1, -0.05) is 169 Å². The molecule has 0 unspecified atom stereocenters. The average molecular weight is 750 g/mol. The van der Waals surface area contributed by atoms with E-state index in [1.54, 1.807) is 0 Å². The second kappa shape index (κ2) is 12.2. The van der Waals surface area contributed by atoms with Gasteiger partial charge in [-0.3, -0.25) is 0 Å². The van der Waals surface area contributed by atoms with Gasteiger partial charge in [0.05, 0.1) is 5.41 Å². The lowest BCUT2D eigenvalue weighted by atomic mass is 9.70. The number of hydrogen-bond acceptors (Lipinski definition) is 4. The van der Waals surface area contributed by atoms with Gasteiger partial charge < -0.3 is 4.42 Å². The standard InChI is InChI=1S/C54H43N3O/c1-52(2,3)33-27-30-45-40(31-33)36-28-29-39(47(48(36)58-45)53(4,5)6)51-56-49(32-17-8-7-9-18-32)55-50(57-51)38-22-16-26-44-46(38)37-21-12-15-25-43(37)54(44)41-23-13-10-19-34(41)35-20-11-14-24-42(35)54/h7-31H,1-6H3. The molecule has 11 rings (SSSR count). The molecule has 4 heteroatoms. The molecule has 58 heavy (non-hydrogen) atoms. The lowest BCUT2D eigenvalue weighted by Crippen LogP contribution is -2.25. The number of furan rings is 1. The van der Waals surface area contributed by atoms with Crippen LogP contribution in [0.3, 0.4) is 0 Å². The summed E-state index contributed by atoms with van der Waals surface area (Å²) in [6.45, 7) is 13.5. The fraction of sp³-hybridized carbons (Fsp3) is 0.167. The summed E-state index contributed by atoms with van der Waals surface area (Å²) in [5.41, 5.74) is 16.3. The summed E-state index contributed by atoms with van der Waals surface area (Å²) in [6, 6.07) is 54.7. The van der Waals surface area contributed by atoms with Crippen molar-refractivity contribution in [2.75, 3.05) is 0 Å². The second-order valence-electron chi connectivity index (χ2n) is 18.0. The third-order valence-corrected chi connectivity index (χ3v) is 12.4. The van der Waals surface area contributed by atoms with Crippen LogP contribution in [-0.2, 0) is 16.2 Å². The Hall–Kier alpha value is -6.65. The summed E-state index contributed by atoms with van der Waals surface area (Å²) in [4.78, 5) is 16.1. The van der Waals surface area contributed by atoms with Crippen molar-refractivity contribution in [2.24, 2.45) is 0 Å². The van der Waals surface area contributed by atoms with Crippen molar-refractivity contribution in [3.8, 4) is 56.4 Å². The van der Waals surface area contributed by atoms with E-state index in [0.29, 0.717) is 17.5 Å². The summed E-state index contributed by atoms with van der Waals surface area (Å²) in [5, 5.41) is 2.23. The van der Waals surface area contributed by atoms with Gasteiger partial charge in [-0.2, -0.15) is 0 Å². The Morgan fingerprint density at radius 1 is 0.431 bits per heavy atom. The molecule has 0 bridgehead atoms. The van der Waals surface area contributed by atoms with Gasteiger partial charge in [0.1, 0.15) is 11.2 Å². The minimum absolute atomic E-state index is 0.0159. The van der Waals surface area contributed by atoms with E-state index in [2.05, 4.69) is 175 Å². The third-order valence-electron chi connectivity index (χ3n) is 12.4. The van der Waals surface area contributed by atoms with E-state index in [4.69, 9.17) is 19.4 Å². The molecule has 1 spiro atoms. The molecule has 0 amide bonds. The van der Waals surface area contributed by atoms with Gasteiger partial charge in [-0.15, -0.1) is 0 Å². The number of aromatic nitrogens is 3. The smallest absolute Gasteiger partial charge is 0.164 e. The predicted octanol–water partition coefficient (Wildman–Crippen LogP) is 13.7. The molecule has 0 saturated carbocycles. The Labute approximate surface area is 339 Å². The van der Waals surface area contributed by atoms with Crippen LogP contribution in [0.1, 0.15) is 74.9 Å². The Morgan fingerprint density at radius 2 is 0.983 bits per heavy atom. The molecule has 4 nitrogen and oxygen atoms in total. The van der Waals surface area contributed by atoms with Crippen molar-refractivity contribution in [3.05, 3.63) is 185 Å². The van der Waals surface area contributed by atoms with Crippen LogP contribution in [0.4, 0.5) is 0 Å². The molecular formula is C54H43N3O. The molecule has 7 aromatic carbocycles. The first kappa shape index (κ1) is 34.6. The van der Waals surface area contributed by atoms with E-state index in [-0.39, 0.29) is 10.8 Å². The van der Waals surface area contributed by atoms with E-state index in [1.165, 1.54) is 50.1 Å². The summed E-state index contributed by atoms with van der Waals surface area (Å²) in [7, 11) is 0. The molecule has 0 N–H and O–H groups in total. The number of fused-ring (bicyclic) bond motifs is 13. The first-order chi connectivity index (χ1) is 28.0. The molecule has 2 heterocycles. The molecular weight excluding hydrogens is 707 g/mol. The van der Waals surface area contributed by atoms with Crippen LogP contribution < -0.4 is 0 Å². The van der Waals surface area contributed by atoms with Crippen LogP contribution >= 0.6 is 0 Å². The summed E-state index contributed by atoms with van der Waals surface area (Å²) in [6.07, 6.45) is 0. The Bertz CT molecular complexity index is 3090. The summed E-state index contributed by atoms with van der Waals surface area (Å²) >= 11 is 0. The lowest BCUT2D eigenvalue weighted by molar-refractivity contribution is 0.573. The van der Waals surface area contributed by atoms with Crippen molar-refractivity contribution >= 4 is 21.9 Å². The normalized spacial score (nSPS) is 13.8. The third kappa shape index (κ3) is 4.84. The zero-order chi connectivity index (χ0) is 39.6. The maximum atomic E-state index is 6.81. The van der Waals surface area contributed by atoms with Crippen molar-refractivity contribution in [1.29, 1.82) is 0 Å². The van der Waals surface area contributed by atoms with Gasteiger partial charge in [0.2, 0.25) is 0 Å². The quantitative estimate of drug-likeness (QED) is 0.180. The van der Waals surface area contributed by atoms with Gasteiger partial charge in [-0.05, 0) is 85.2 Å². The van der Waals surface area contributed by atoms with Crippen LogP contribution in [0.25, 0.3) is 78.4 Å². The highest BCUT2D eigenvalue weighted by Gasteiger charge is 2.52. The zero-order valence-corrected chi connectivity index (χ0v) is 33.7. The molecule has 2 aromatic heterocycles. The van der Waals surface area contributed by atoms with Gasteiger partial charge >= 0.3 is 0 Å². The number of rotatable bonds is 3.